The Morgan fingerprint density at radius 3 is 2.51 bits per heavy atom. The number of hydrogen-bond donors (Lipinski definition) is 4. The predicted molar refractivity (Wildman–Crippen MR) is 180 cm³/mol. The molecule has 4 N–H and O–H groups in total. The Balaban J connectivity index is 1.22. The lowest BCUT2D eigenvalue weighted by molar-refractivity contribution is -0.136. The van der Waals surface area contributed by atoms with E-state index in [0.29, 0.717) is 24.2 Å². The molecular weight excluding hydrogens is 653 g/mol. The largest absolute Gasteiger partial charge is 0.478 e. The van der Waals surface area contributed by atoms with Crippen LogP contribution in [0.3, 0.4) is 0 Å². The van der Waals surface area contributed by atoms with Crippen LogP contribution in [-0.2, 0) is 29.1 Å². The van der Waals surface area contributed by atoms with E-state index in [9.17, 15) is 23.9 Å². The van der Waals surface area contributed by atoms with Gasteiger partial charge in [0.1, 0.15) is 17.6 Å². The van der Waals surface area contributed by atoms with Gasteiger partial charge in [0.2, 0.25) is 0 Å². The van der Waals surface area contributed by atoms with Crippen LogP contribution in [0, 0.1) is 5.82 Å². The summed E-state index contributed by atoms with van der Waals surface area (Å²) in [6.45, 7) is 6.38. The minimum Gasteiger partial charge on any atom is -0.478 e. The van der Waals surface area contributed by atoms with Crippen molar-refractivity contribution in [3.63, 3.8) is 0 Å². The summed E-state index contributed by atoms with van der Waals surface area (Å²) < 4.78 is 17.0. The number of halogens is 2. The van der Waals surface area contributed by atoms with Crippen molar-refractivity contribution in [2.45, 2.75) is 45.3 Å². The zero-order valence-electron chi connectivity index (χ0n) is 26.7. The molecule has 0 fully saturated rings. The quantitative estimate of drug-likeness (QED) is 0.221. The van der Waals surface area contributed by atoms with Gasteiger partial charge in [0.05, 0.1) is 29.0 Å². The second kappa shape index (κ2) is 12.9. The van der Waals surface area contributed by atoms with Crippen molar-refractivity contribution < 1.29 is 23.9 Å². The van der Waals surface area contributed by atoms with Gasteiger partial charge in [-0.2, -0.15) is 0 Å². The maximum atomic E-state index is 14.8. The van der Waals surface area contributed by atoms with Crippen LogP contribution < -0.4 is 26.2 Å². The number of hydrazine groups is 2. The summed E-state index contributed by atoms with van der Waals surface area (Å²) in [4.78, 5) is 43.4. The number of benzene rings is 3. The van der Waals surface area contributed by atoms with Gasteiger partial charge in [0.25, 0.3) is 11.8 Å². The first-order chi connectivity index (χ1) is 23.6. The number of carboxylic acid groups (broad SMARTS) is 1. The molecule has 15 heteroatoms. The smallest absolute Gasteiger partial charge is 0.335 e. The third kappa shape index (κ3) is 5.93. The Labute approximate surface area is 285 Å². The predicted octanol–water partition coefficient (Wildman–Crippen LogP) is 4.35. The number of nitrogens with zero attached hydrogens (tertiary/aromatic N) is 6. The molecule has 1 aromatic heterocycles. The molecule has 3 aromatic carbocycles. The van der Waals surface area contributed by atoms with Gasteiger partial charge >= 0.3 is 5.97 Å². The van der Waals surface area contributed by atoms with Crippen molar-refractivity contribution in [3.05, 3.63) is 112 Å². The van der Waals surface area contributed by atoms with Gasteiger partial charge in [0.15, 0.2) is 11.6 Å². The standard InChI is InChI=1S/C34H33ClFN9O4/c1-19(2)31-40-39-28-18-42(15-16-43(28)31)26-7-3-5-23-22(26)13-14-44(30(23)32(46)37-21-11-9-20(10-12-21)34(48)49)33(47)25-17-45(41-38-25)27-8-4-6-24(35)29(27)36/h3-12,17,19,30,38,41H,13-16,18H2,1-2H3,(H,37,46)(H,48,49)/t30-/m1/s1. The summed E-state index contributed by atoms with van der Waals surface area (Å²) in [5.41, 5.74) is 8.80. The first-order valence-corrected chi connectivity index (χ1v) is 16.2. The van der Waals surface area contributed by atoms with Crippen LogP contribution in [-0.4, -0.2) is 55.6 Å². The van der Waals surface area contributed by atoms with Gasteiger partial charge in [-0.15, -0.1) is 15.7 Å². The highest BCUT2D eigenvalue weighted by Gasteiger charge is 2.40. The number of fused-ring (bicyclic) bond motifs is 2. The fourth-order valence-electron chi connectivity index (χ4n) is 6.55. The Morgan fingerprint density at radius 1 is 1.00 bits per heavy atom. The van der Waals surface area contributed by atoms with Crippen LogP contribution in [0.25, 0.3) is 0 Å². The molecule has 0 saturated heterocycles. The molecule has 13 nitrogen and oxygen atoms in total. The first-order valence-electron chi connectivity index (χ1n) is 15.8. The van der Waals surface area contributed by atoms with Crippen LogP contribution in [0.5, 0.6) is 0 Å². The molecule has 3 aliphatic rings. The van der Waals surface area contributed by atoms with Gasteiger partial charge in [-0.05, 0) is 60.0 Å². The first kappa shape index (κ1) is 32.1. The number of aromatic carboxylic acids is 1. The van der Waals surface area contributed by atoms with E-state index in [1.165, 1.54) is 52.5 Å². The Morgan fingerprint density at radius 2 is 1.76 bits per heavy atom. The van der Waals surface area contributed by atoms with Crippen molar-refractivity contribution in [2.75, 3.05) is 28.3 Å². The lowest BCUT2D eigenvalue weighted by atomic mass is 9.89. The molecular formula is C34H33ClFN9O4. The van der Waals surface area contributed by atoms with E-state index >= 15 is 0 Å². The maximum absolute atomic E-state index is 14.8. The second-order valence-electron chi connectivity index (χ2n) is 12.3. The molecule has 0 bridgehead atoms. The topological polar surface area (TPSA) is 148 Å². The highest BCUT2D eigenvalue weighted by Crippen LogP contribution is 2.38. The molecule has 3 aliphatic heterocycles. The second-order valence-corrected chi connectivity index (χ2v) is 12.7. The molecule has 1 atom stereocenters. The Hall–Kier alpha value is -5.47. The van der Waals surface area contributed by atoms with E-state index in [1.807, 2.05) is 18.2 Å². The molecule has 0 radical (unpaired) electrons. The van der Waals surface area contributed by atoms with E-state index in [0.717, 1.165) is 36.0 Å². The van der Waals surface area contributed by atoms with Gasteiger partial charge in [-0.3, -0.25) is 20.0 Å². The van der Waals surface area contributed by atoms with E-state index in [2.05, 4.69) is 49.8 Å². The van der Waals surface area contributed by atoms with Crippen molar-refractivity contribution >= 4 is 46.4 Å². The minimum absolute atomic E-state index is 0.0710. The minimum atomic E-state index is -1.09. The van der Waals surface area contributed by atoms with Gasteiger partial charge in [-0.25, -0.2) is 9.18 Å². The summed E-state index contributed by atoms with van der Waals surface area (Å²) in [6, 6.07) is 15.0. The summed E-state index contributed by atoms with van der Waals surface area (Å²) >= 11 is 5.98. The zero-order valence-corrected chi connectivity index (χ0v) is 27.4. The molecule has 0 spiro atoms. The number of anilines is 3. The molecule has 49 heavy (non-hydrogen) atoms. The van der Waals surface area contributed by atoms with E-state index in [-0.39, 0.29) is 34.4 Å². The van der Waals surface area contributed by atoms with E-state index < -0.39 is 29.6 Å². The number of amides is 2. The Bertz CT molecular complexity index is 2000. The summed E-state index contributed by atoms with van der Waals surface area (Å²) in [7, 11) is 0. The monoisotopic (exact) mass is 685 g/mol. The number of aromatic nitrogens is 3. The molecule has 4 heterocycles. The number of hydrogen-bond acceptors (Lipinski definition) is 9. The fraction of sp³-hybridized carbons (Fsp3) is 0.265. The van der Waals surface area contributed by atoms with Crippen LogP contribution in [0.4, 0.5) is 21.5 Å². The van der Waals surface area contributed by atoms with Gasteiger partial charge < -0.3 is 24.8 Å². The molecule has 0 aliphatic carbocycles. The molecule has 7 rings (SSSR count). The molecule has 0 unspecified atom stereocenters. The van der Waals surface area contributed by atoms with E-state index in [1.54, 1.807) is 6.07 Å². The third-order valence-electron chi connectivity index (χ3n) is 8.93. The highest BCUT2D eigenvalue weighted by molar-refractivity contribution is 6.31. The summed E-state index contributed by atoms with van der Waals surface area (Å²) in [5, 5.41) is 22.3. The number of carboxylic acids is 1. The molecule has 2 amide bonds. The van der Waals surface area contributed by atoms with Crippen molar-refractivity contribution in [1.29, 1.82) is 0 Å². The number of rotatable bonds is 7. The summed E-state index contributed by atoms with van der Waals surface area (Å²) in [6.07, 6.45) is 1.89. The third-order valence-corrected chi connectivity index (χ3v) is 9.23. The lowest BCUT2D eigenvalue weighted by Gasteiger charge is -2.39. The van der Waals surface area contributed by atoms with Crippen LogP contribution in [0.15, 0.2) is 72.6 Å². The maximum Gasteiger partial charge on any atom is 0.335 e. The molecule has 0 saturated carbocycles. The lowest BCUT2D eigenvalue weighted by Crippen LogP contribution is -2.48. The van der Waals surface area contributed by atoms with Crippen LogP contribution in [0.1, 0.15) is 58.9 Å². The van der Waals surface area contributed by atoms with Gasteiger partial charge in [0, 0.05) is 36.9 Å². The number of nitrogens with one attached hydrogen (secondary N) is 3. The average molecular weight is 686 g/mol. The Kier molecular flexibility index (Phi) is 8.42. The molecule has 4 aromatic rings. The number of carbonyl (C=O) groups is 3. The SMILES string of the molecule is CC(C)c1nnc2n1CCN(c1cccc3c1CCN(C(=O)C1=CN(c4cccc(Cl)c4F)NN1)[C@H]3C(=O)Nc1ccc(C(=O)O)cc1)C2. The van der Waals surface area contributed by atoms with Crippen molar-refractivity contribution in [1.82, 2.24) is 30.6 Å². The highest BCUT2D eigenvalue weighted by atomic mass is 35.5. The summed E-state index contributed by atoms with van der Waals surface area (Å²) in [5.74, 6) is -0.639. The van der Waals surface area contributed by atoms with Crippen molar-refractivity contribution in [3.8, 4) is 0 Å². The van der Waals surface area contributed by atoms with E-state index in [4.69, 9.17) is 11.6 Å². The van der Waals surface area contributed by atoms with Crippen molar-refractivity contribution in [2.24, 2.45) is 0 Å². The zero-order chi connectivity index (χ0) is 34.4. The van der Waals surface area contributed by atoms with Gasteiger partial charge in [-0.1, -0.05) is 43.6 Å². The average Bonchev–Trinajstić information content (AvgIpc) is 3.76. The van der Waals surface area contributed by atoms with Crippen LogP contribution >= 0.6 is 11.6 Å². The number of carbonyl (C=O) groups excluding carboxylic acids is 2. The normalized spacial score (nSPS) is 17.0. The molecule has 252 valence electrons. The fourth-order valence-corrected chi connectivity index (χ4v) is 6.72. The van der Waals surface area contributed by atoms with Crippen LogP contribution in [0.2, 0.25) is 5.02 Å².